The van der Waals surface area contributed by atoms with Gasteiger partial charge in [-0.05, 0) is 31.5 Å². The molecule has 0 radical (unpaired) electrons. The first kappa shape index (κ1) is 19.0. The molecule has 0 amide bonds. The minimum Gasteiger partial charge on any atom is -0.388 e. The fourth-order valence-corrected chi connectivity index (χ4v) is 2.53. The van der Waals surface area contributed by atoms with E-state index in [9.17, 15) is 0 Å². The Morgan fingerprint density at radius 1 is 0.958 bits per heavy atom. The van der Waals surface area contributed by atoms with Crippen molar-refractivity contribution >= 4 is 27.2 Å². The molecule has 3 nitrogen and oxygen atoms in total. The minimum atomic E-state index is 0. The molecule has 0 unspecified atom stereocenters. The summed E-state index contributed by atoms with van der Waals surface area (Å²) in [5.74, 6) is 0. The molecular weight excluding hydrogens is 321 g/mol. The monoisotopic (exact) mass is 339 g/mol. The molecule has 4 aromatic rings. The average molecular weight is 339 g/mol. The van der Waals surface area contributed by atoms with Crippen LogP contribution in [0.2, 0.25) is 0 Å². The number of fused-ring (bicyclic) bond motifs is 2. The first-order chi connectivity index (χ1) is 11.3. The van der Waals surface area contributed by atoms with Crippen LogP contribution >= 0.6 is 0 Å². The quantitative estimate of drug-likeness (QED) is 0.423. The molecule has 0 saturated carbocycles. The molecule has 0 atom stereocenters. The second-order valence-corrected chi connectivity index (χ2v) is 5.18. The molecule has 0 aliphatic heterocycles. The molecule has 0 bridgehead atoms. The van der Waals surface area contributed by atoms with E-state index in [-0.39, 0.29) is 51.4 Å². The number of rotatable bonds is 1. The van der Waals surface area contributed by atoms with Crippen molar-refractivity contribution in [3.63, 3.8) is 0 Å². The molecule has 2 aromatic carbocycles. The zero-order chi connectivity index (χ0) is 16.1. The van der Waals surface area contributed by atoms with Gasteiger partial charge in [-0.25, -0.2) is 0 Å². The Labute approximate surface area is 184 Å². The normalized spacial score (nSPS) is 9.75. The maximum absolute atomic E-state index is 4.25. The van der Waals surface area contributed by atoms with Gasteiger partial charge in [0.2, 0.25) is 0 Å². The van der Waals surface area contributed by atoms with Crippen molar-refractivity contribution < 1.29 is 51.4 Å². The number of benzene rings is 2. The van der Waals surface area contributed by atoms with Crippen LogP contribution in [0, 0.1) is 13.0 Å². The van der Waals surface area contributed by atoms with Gasteiger partial charge in [0.25, 0.3) is 0 Å². The third-order valence-corrected chi connectivity index (χ3v) is 3.74. The Morgan fingerprint density at radius 2 is 1.83 bits per heavy atom. The number of hydrogen-bond acceptors (Lipinski definition) is 3. The van der Waals surface area contributed by atoms with Crippen LogP contribution in [0.5, 0.6) is 0 Å². The van der Waals surface area contributed by atoms with Crippen LogP contribution in [-0.2, 0) is 0 Å². The predicted molar refractivity (Wildman–Crippen MR) is 96.6 cm³/mol. The standard InChI is InChI=1S/C11H12N2.C9H6N.K/c1-8-9-4-3-5-11(12-2)10(9)6-7-13-8;1-2-4-9-7-10-6-5-8(9)3-1;/h3-7,12H,1-2H3;1-2,4-7H;/q;-1;+1. The van der Waals surface area contributed by atoms with Crippen LogP contribution in [0.1, 0.15) is 5.69 Å². The molecule has 0 aliphatic rings. The van der Waals surface area contributed by atoms with Gasteiger partial charge in [0.15, 0.2) is 0 Å². The molecule has 4 heteroatoms. The molecule has 0 aliphatic carbocycles. The zero-order valence-corrected chi connectivity index (χ0v) is 17.4. The Hall–Kier alpha value is -1.30. The number of anilines is 1. The van der Waals surface area contributed by atoms with Gasteiger partial charge in [-0.3, -0.25) is 9.97 Å². The molecule has 1 N–H and O–H groups in total. The Morgan fingerprint density at radius 3 is 2.62 bits per heavy atom. The van der Waals surface area contributed by atoms with E-state index >= 15 is 0 Å². The fraction of sp³-hybridized carbons (Fsp3) is 0.100. The van der Waals surface area contributed by atoms with Crippen LogP contribution in [0.15, 0.2) is 67.1 Å². The van der Waals surface area contributed by atoms with Gasteiger partial charge >= 0.3 is 51.4 Å². The minimum absolute atomic E-state index is 0. The number of nitrogens with one attached hydrogen (secondary N) is 1. The number of nitrogens with zero attached hydrogens (tertiary/aromatic N) is 2. The van der Waals surface area contributed by atoms with Crippen molar-refractivity contribution in [3.8, 4) is 0 Å². The smallest absolute Gasteiger partial charge is 0.388 e. The molecule has 0 fully saturated rings. The van der Waals surface area contributed by atoms with Crippen molar-refractivity contribution in [1.29, 1.82) is 0 Å². The molecule has 114 valence electrons. The summed E-state index contributed by atoms with van der Waals surface area (Å²) in [5.41, 5.74) is 2.23. The summed E-state index contributed by atoms with van der Waals surface area (Å²) in [6.07, 6.45) is 5.46. The first-order valence-electron chi connectivity index (χ1n) is 7.52. The van der Waals surface area contributed by atoms with E-state index < -0.39 is 0 Å². The van der Waals surface area contributed by atoms with Crippen LogP contribution in [0.3, 0.4) is 0 Å². The summed E-state index contributed by atoms with van der Waals surface area (Å²) in [6.45, 7) is 2.03. The number of hydrogen-bond donors (Lipinski definition) is 1. The van der Waals surface area contributed by atoms with E-state index in [2.05, 4.69) is 33.5 Å². The Balaban J connectivity index is 0.000000172. The molecule has 2 heterocycles. The van der Waals surface area contributed by atoms with E-state index in [1.54, 1.807) is 6.20 Å². The molecule has 0 spiro atoms. The Bertz CT molecular complexity index is 872. The second kappa shape index (κ2) is 9.25. The van der Waals surface area contributed by atoms with Crippen molar-refractivity contribution in [1.82, 2.24) is 9.97 Å². The molecule has 4 rings (SSSR count). The first-order valence-corrected chi connectivity index (χ1v) is 7.52. The second-order valence-electron chi connectivity index (χ2n) is 5.18. The summed E-state index contributed by atoms with van der Waals surface area (Å²) in [6, 6.07) is 19.2. The maximum Gasteiger partial charge on any atom is 1.00 e. The van der Waals surface area contributed by atoms with Crippen LogP contribution in [0.4, 0.5) is 5.69 Å². The molecule has 24 heavy (non-hydrogen) atoms. The molecular formula is C20H18KN3. The van der Waals surface area contributed by atoms with E-state index in [4.69, 9.17) is 0 Å². The van der Waals surface area contributed by atoms with E-state index in [0.29, 0.717) is 0 Å². The molecule has 0 saturated heterocycles. The number of pyridine rings is 2. The van der Waals surface area contributed by atoms with Crippen molar-refractivity contribution in [3.05, 3.63) is 78.9 Å². The summed E-state index contributed by atoms with van der Waals surface area (Å²) < 4.78 is 0. The maximum atomic E-state index is 4.25. The fourth-order valence-electron chi connectivity index (χ4n) is 2.53. The Kier molecular flexibility index (Phi) is 7.33. The van der Waals surface area contributed by atoms with E-state index in [1.165, 1.54) is 10.8 Å². The van der Waals surface area contributed by atoms with Crippen molar-refractivity contribution in [2.45, 2.75) is 6.92 Å². The summed E-state index contributed by atoms with van der Waals surface area (Å²) in [4.78, 5) is 8.25. The van der Waals surface area contributed by atoms with Gasteiger partial charge in [-0.15, -0.1) is 35.7 Å². The van der Waals surface area contributed by atoms with Gasteiger partial charge in [0.1, 0.15) is 0 Å². The van der Waals surface area contributed by atoms with Gasteiger partial charge in [0.05, 0.1) is 0 Å². The summed E-state index contributed by atoms with van der Waals surface area (Å²) >= 11 is 0. The van der Waals surface area contributed by atoms with Crippen LogP contribution in [0.25, 0.3) is 21.5 Å². The predicted octanol–water partition coefficient (Wildman–Crippen LogP) is 1.62. The SMILES string of the molecule is CNc1cccc2c(C)nccc12.[K+].[c-]1cccc2cnccc12. The number of aromatic nitrogens is 2. The van der Waals surface area contributed by atoms with Crippen molar-refractivity contribution in [2.24, 2.45) is 0 Å². The third kappa shape index (κ3) is 4.40. The van der Waals surface area contributed by atoms with E-state index in [0.717, 1.165) is 22.2 Å². The summed E-state index contributed by atoms with van der Waals surface area (Å²) in [5, 5.41) is 7.89. The molecule has 2 aromatic heterocycles. The van der Waals surface area contributed by atoms with Gasteiger partial charge in [-0.2, -0.15) is 0 Å². The van der Waals surface area contributed by atoms with Crippen LogP contribution in [-0.4, -0.2) is 17.0 Å². The van der Waals surface area contributed by atoms with Gasteiger partial charge < -0.3 is 5.32 Å². The van der Waals surface area contributed by atoms with Crippen molar-refractivity contribution in [2.75, 3.05) is 12.4 Å². The van der Waals surface area contributed by atoms with Gasteiger partial charge in [0, 0.05) is 35.4 Å². The average Bonchev–Trinajstić information content (AvgIpc) is 2.62. The topological polar surface area (TPSA) is 37.8 Å². The van der Waals surface area contributed by atoms with E-state index in [1.807, 2.05) is 62.8 Å². The summed E-state index contributed by atoms with van der Waals surface area (Å²) in [7, 11) is 1.94. The number of aryl methyl sites for hydroxylation is 1. The van der Waals surface area contributed by atoms with Gasteiger partial charge in [-0.1, -0.05) is 17.5 Å². The van der Waals surface area contributed by atoms with Crippen LogP contribution < -0.4 is 56.7 Å². The zero-order valence-electron chi connectivity index (χ0n) is 14.2. The largest absolute Gasteiger partial charge is 1.00 e. The third-order valence-electron chi connectivity index (χ3n) is 3.74.